The van der Waals surface area contributed by atoms with Crippen LogP contribution in [-0.4, -0.2) is 22.4 Å². The first-order chi connectivity index (χ1) is 9.95. The average Bonchev–Trinajstić information content (AvgIpc) is 2.43. The van der Waals surface area contributed by atoms with Gasteiger partial charge >= 0.3 is 0 Å². The Bertz CT molecular complexity index is 712. The molecule has 0 saturated carbocycles. The van der Waals surface area contributed by atoms with Crippen molar-refractivity contribution in [1.29, 1.82) is 0 Å². The van der Waals surface area contributed by atoms with E-state index in [-0.39, 0.29) is 18.0 Å². The van der Waals surface area contributed by atoms with Gasteiger partial charge in [0.15, 0.2) is 0 Å². The minimum Gasteiger partial charge on any atom is -0.398 e. The largest absolute Gasteiger partial charge is 0.398 e. The van der Waals surface area contributed by atoms with E-state index in [9.17, 15) is 9.59 Å². The van der Waals surface area contributed by atoms with Gasteiger partial charge in [0, 0.05) is 36.0 Å². The molecule has 5 nitrogen and oxygen atoms in total. The van der Waals surface area contributed by atoms with Crippen molar-refractivity contribution in [2.45, 2.75) is 13.1 Å². The van der Waals surface area contributed by atoms with Crippen molar-refractivity contribution in [3.8, 4) is 0 Å². The molecule has 2 rings (SSSR count). The molecule has 1 aromatic heterocycles. The molecule has 0 unspecified atom stereocenters. The second kappa shape index (κ2) is 6.58. The monoisotopic (exact) mass is 349 g/mol. The molecule has 21 heavy (non-hydrogen) atoms. The Morgan fingerprint density at radius 2 is 2.10 bits per heavy atom. The molecule has 110 valence electrons. The van der Waals surface area contributed by atoms with E-state index >= 15 is 0 Å². The van der Waals surface area contributed by atoms with Crippen LogP contribution in [0, 0.1) is 0 Å². The van der Waals surface area contributed by atoms with Crippen molar-refractivity contribution in [3.05, 3.63) is 63.0 Å². The molecule has 0 radical (unpaired) electrons. The first-order valence-corrected chi connectivity index (χ1v) is 7.19. The summed E-state index contributed by atoms with van der Waals surface area (Å²) in [5.41, 5.74) is 6.86. The van der Waals surface area contributed by atoms with Crippen LogP contribution in [0.5, 0.6) is 0 Å². The molecule has 0 aliphatic heterocycles. The SMILES string of the molecule is CN(Cc1cccc(Br)c1)C(=O)Cn1cc(N)ccc1=O. The number of carbonyl (C=O) groups is 1. The van der Waals surface area contributed by atoms with E-state index in [0.717, 1.165) is 10.0 Å². The lowest BCUT2D eigenvalue weighted by molar-refractivity contribution is -0.131. The van der Waals surface area contributed by atoms with Gasteiger partial charge in [-0.2, -0.15) is 0 Å². The van der Waals surface area contributed by atoms with Gasteiger partial charge in [0.25, 0.3) is 5.56 Å². The molecule has 0 aliphatic rings. The molecule has 2 N–H and O–H groups in total. The van der Waals surface area contributed by atoms with Crippen molar-refractivity contribution in [2.24, 2.45) is 0 Å². The zero-order valence-corrected chi connectivity index (χ0v) is 13.2. The molecule has 0 saturated heterocycles. The number of likely N-dealkylation sites (N-methyl/N-ethyl adjacent to an activating group) is 1. The molecule has 2 aromatic rings. The number of carbonyl (C=O) groups excluding carboxylic acids is 1. The Hall–Kier alpha value is -2.08. The Labute approximate surface area is 131 Å². The second-order valence-corrected chi connectivity index (χ2v) is 5.72. The minimum atomic E-state index is -0.242. The Morgan fingerprint density at radius 1 is 1.33 bits per heavy atom. The van der Waals surface area contributed by atoms with Crippen molar-refractivity contribution in [3.63, 3.8) is 0 Å². The summed E-state index contributed by atoms with van der Waals surface area (Å²) in [6.07, 6.45) is 1.48. The lowest BCUT2D eigenvalue weighted by Crippen LogP contribution is -2.33. The third-order valence-electron chi connectivity index (χ3n) is 3.05. The summed E-state index contributed by atoms with van der Waals surface area (Å²) in [5, 5.41) is 0. The van der Waals surface area contributed by atoms with Crippen molar-refractivity contribution >= 4 is 27.5 Å². The summed E-state index contributed by atoms with van der Waals surface area (Å²) in [7, 11) is 1.71. The molecular weight excluding hydrogens is 334 g/mol. The highest BCUT2D eigenvalue weighted by molar-refractivity contribution is 9.10. The fraction of sp³-hybridized carbons (Fsp3) is 0.200. The molecule has 1 amide bonds. The maximum Gasteiger partial charge on any atom is 0.251 e. The highest BCUT2D eigenvalue weighted by Crippen LogP contribution is 2.13. The van der Waals surface area contributed by atoms with Crippen LogP contribution in [0.25, 0.3) is 0 Å². The Balaban J connectivity index is 2.06. The number of anilines is 1. The smallest absolute Gasteiger partial charge is 0.251 e. The first kappa shape index (κ1) is 15.3. The summed E-state index contributed by atoms with van der Waals surface area (Å²) < 4.78 is 2.28. The predicted octanol–water partition coefficient (Wildman–Crippen LogP) is 1.85. The zero-order valence-electron chi connectivity index (χ0n) is 11.6. The van der Waals surface area contributed by atoms with Crippen LogP contribution in [0.2, 0.25) is 0 Å². The van der Waals surface area contributed by atoms with Crippen molar-refractivity contribution < 1.29 is 4.79 Å². The molecule has 0 bridgehead atoms. The third-order valence-corrected chi connectivity index (χ3v) is 3.54. The Morgan fingerprint density at radius 3 is 2.81 bits per heavy atom. The van der Waals surface area contributed by atoms with Crippen molar-refractivity contribution in [1.82, 2.24) is 9.47 Å². The van der Waals surface area contributed by atoms with Gasteiger partial charge in [0.2, 0.25) is 5.91 Å². The van der Waals surface area contributed by atoms with Crippen LogP contribution in [0.1, 0.15) is 5.56 Å². The van der Waals surface area contributed by atoms with Crippen LogP contribution in [0.3, 0.4) is 0 Å². The van der Waals surface area contributed by atoms with Gasteiger partial charge in [-0.1, -0.05) is 28.1 Å². The Kier molecular flexibility index (Phi) is 4.80. The normalized spacial score (nSPS) is 10.4. The van der Waals surface area contributed by atoms with E-state index in [4.69, 9.17) is 5.73 Å². The minimum absolute atomic E-state index is 0.0195. The van der Waals surface area contributed by atoms with E-state index in [2.05, 4.69) is 15.9 Å². The van der Waals surface area contributed by atoms with Crippen LogP contribution < -0.4 is 11.3 Å². The van der Waals surface area contributed by atoms with Gasteiger partial charge < -0.3 is 15.2 Å². The number of hydrogen-bond donors (Lipinski definition) is 1. The number of amides is 1. The van der Waals surface area contributed by atoms with Gasteiger partial charge in [-0.05, 0) is 23.8 Å². The number of pyridine rings is 1. The van der Waals surface area contributed by atoms with Gasteiger partial charge in [-0.3, -0.25) is 9.59 Å². The number of halogens is 1. The molecule has 0 aliphatic carbocycles. The molecule has 1 aromatic carbocycles. The number of aromatic nitrogens is 1. The van der Waals surface area contributed by atoms with Crippen molar-refractivity contribution in [2.75, 3.05) is 12.8 Å². The molecule has 0 atom stereocenters. The lowest BCUT2D eigenvalue weighted by Gasteiger charge is -2.18. The van der Waals surface area contributed by atoms with E-state index in [1.165, 1.54) is 22.9 Å². The molecule has 0 spiro atoms. The number of rotatable bonds is 4. The summed E-state index contributed by atoms with van der Waals surface area (Å²) in [6, 6.07) is 10.6. The van der Waals surface area contributed by atoms with Gasteiger partial charge in [0.05, 0.1) is 0 Å². The first-order valence-electron chi connectivity index (χ1n) is 6.40. The summed E-state index contributed by atoms with van der Waals surface area (Å²) >= 11 is 3.40. The lowest BCUT2D eigenvalue weighted by atomic mass is 10.2. The summed E-state index contributed by atoms with van der Waals surface area (Å²) in [4.78, 5) is 25.4. The second-order valence-electron chi connectivity index (χ2n) is 4.81. The van der Waals surface area contributed by atoms with E-state index in [0.29, 0.717) is 12.2 Å². The molecule has 6 heteroatoms. The van der Waals surface area contributed by atoms with Crippen LogP contribution in [0.15, 0.2) is 51.9 Å². The van der Waals surface area contributed by atoms with E-state index in [1.807, 2.05) is 24.3 Å². The summed E-state index contributed by atoms with van der Waals surface area (Å²) in [6.45, 7) is 0.462. The summed E-state index contributed by atoms with van der Waals surface area (Å²) in [5.74, 6) is -0.150. The third kappa shape index (κ3) is 4.19. The fourth-order valence-electron chi connectivity index (χ4n) is 1.94. The quantitative estimate of drug-likeness (QED) is 0.915. The number of benzene rings is 1. The molecule has 1 heterocycles. The zero-order chi connectivity index (χ0) is 15.4. The maximum atomic E-state index is 12.2. The van der Waals surface area contributed by atoms with Gasteiger partial charge in [-0.25, -0.2) is 0 Å². The van der Waals surface area contributed by atoms with Gasteiger partial charge in [-0.15, -0.1) is 0 Å². The van der Waals surface area contributed by atoms with Crippen LogP contribution in [0.4, 0.5) is 5.69 Å². The maximum absolute atomic E-state index is 12.2. The standard InChI is InChI=1S/C15H16BrN3O2/c1-18(8-11-3-2-4-12(16)7-11)15(21)10-19-9-13(17)5-6-14(19)20/h2-7,9H,8,10,17H2,1H3. The molecular formula is C15H16BrN3O2. The number of nitrogens with zero attached hydrogens (tertiary/aromatic N) is 2. The topological polar surface area (TPSA) is 68.3 Å². The highest BCUT2D eigenvalue weighted by Gasteiger charge is 2.11. The van der Waals surface area contributed by atoms with Crippen LogP contribution >= 0.6 is 15.9 Å². The van der Waals surface area contributed by atoms with E-state index in [1.54, 1.807) is 11.9 Å². The molecule has 0 fully saturated rings. The number of nitrogens with two attached hydrogens (primary N) is 1. The number of hydrogen-bond acceptors (Lipinski definition) is 3. The van der Waals surface area contributed by atoms with Crippen LogP contribution in [-0.2, 0) is 17.9 Å². The van der Waals surface area contributed by atoms with E-state index < -0.39 is 0 Å². The fourth-order valence-corrected chi connectivity index (χ4v) is 2.38. The van der Waals surface area contributed by atoms with Gasteiger partial charge in [0.1, 0.15) is 6.54 Å². The average molecular weight is 350 g/mol. The number of nitrogen functional groups attached to an aromatic ring is 1. The predicted molar refractivity (Wildman–Crippen MR) is 85.7 cm³/mol. The highest BCUT2D eigenvalue weighted by atomic mass is 79.9.